The molecule has 0 radical (unpaired) electrons. The van der Waals surface area contributed by atoms with Crippen LogP contribution in [-0.2, 0) is 18.4 Å². The van der Waals surface area contributed by atoms with Crippen LogP contribution in [0, 0.1) is 5.92 Å². The number of carboxylic acids is 1. The minimum Gasteiger partial charge on any atom is -0.478 e. The lowest BCUT2D eigenvalue weighted by molar-refractivity contribution is 0.0696. The molecular weight excluding hydrogens is 318 g/mol. The van der Waals surface area contributed by atoms with E-state index in [9.17, 15) is 4.79 Å². The third-order valence-electron chi connectivity index (χ3n) is 4.54. The normalized spacial score (nSPS) is 18.6. The Balaban J connectivity index is 1.56. The lowest BCUT2D eigenvalue weighted by Crippen LogP contribution is -2.21. The van der Waals surface area contributed by atoms with Gasteiger partial charge in [0.15, 0.2) is 5.82 Å². The first-order chi connectivity index (χ1) is 11.8. The molecule has 6 heteroatoms. The van der Waals surface area contributed by atoms with Crippen LogP contribution >= 0.6 is 0 Å². The van der Waals surface area contributed by atoms with Crippen molar-refractivity contribution in [2.45, 2.75) is 45.6 Å². The van der Waals surface area contributed by atoms with E-state index in [1.165, 1.54) is 0 Å². The maximum Gasteiger partial charge on any atom is 0.335 e. The van der Waals surface area contributed by atoms with Gasteiger partial charge < -0.3 is 9.63 Å². The molecule has 1 unspecified atom stereocenters. The van der Waals surface area contributed by atoms with Crippen molar-refractivity contribution >= 4 is 5.97 Å². The Morgan fingerprint density at radius 1 is 1.40 bits per heavy atom. The van der Waals surface area contributed by atoms with Crippen molar-refractivity contribution in [2.24, 2.45) is 5.92 Å². The molecule has 1 aromatic heterocycles. The van der Waals surface area contributed by atoms with Crippen molar-refractivity contribution in [3.05, 3.63) is 47.1 Å². The minimum atomic E-state index is -0.873. The smallest absolute Gasteiger partial charge is 0.335 e. The van der Waals surface area contributed by atoms with Crippen LogP contribution in [0.5, 0.6) is 0 Å². The lowest BCUT2D eigenvalue weighted by Gasteiger charge is -2.14. The van der Waals surface area contributed by atoms with Gasteiger partial charge in [0.2, 0.25) is 5.89 Å². The highest BCUT2D eigenvalue weighted by atomic mass is 16.5. The number of carboxylic acid groups (broad SMARTS) is 1. The van der Waals surface area contributed by atoms with Crippen LogP contribution in [0.1, 0.15) is 54.8 Å². The molecule has 2 aromatic rings. The number of aromatic carboxylic acids is 1. The van der Waals surface area contributed by atoms with Crippen LogP contribution in [0.3, 0.4) is 0 Å². The number of rotatable bonds is 5. The third kappa shape index (κ3) is 4.45. The Hall–Kier alpha value is -2.21. The Kier molecular flexibility index (Phi) is 4.90. The summed E-state index contributed by atoms with van der Waals surface area (Å²) in [6.45, 7) is 8.84. The van der Waals surface area contributed by atoms with E-state index in [4.69, 9.17) is 9.63 Å². The van der Waals surface area contributed by atoms with Gasteiger partial charge in [0, 0.05) is 12.0 Å². The third-order valence-corrected chi connectivity index (χ3v) is 4.54. The zero-order valence-corrected chi connectivity index (χ0v) is 15.0. The molecule has 6 nitrogen and oxygen atoms in total. The molecule has 2 heterocycles. The molecule has 25 heavy (non-hydrogen) atoms. The van der Waals surface area contributed by atoms with Gasteiger partial charge >= 0.3 is 5.97 Å². The topological polar surface area (TPSA) is 79.5 Å². The van der Waals surface area contributed by atoms with E-state index in [-0.39, 0.29) is 5.41 Å². The number of nitrogens with zero attached hydrogens (tertiary/aromatic N) is 3. The monoisotopic (exact) mass is 343 g/mol. The zero-order valence-electron chi connectivity index (χ0n) is 15.0. The molecule has 1 aliphatic heterocycles. The highest BCUT2D eigenvalue weighted by molar-refractivity contribution is 5.87. The lowest BCUT2D eigenvalue weighted by atomic mass is 9.97. The second-order valence-corrected chi connectivity index (χ2v) is 7.87. The van der Waals surface area contributed by atoms with Crippen molar-refractivity contribution in [3.63, 3.8) is 0 Å². The molecule has 134 valence electrons. The minimum absolute atomic E-state index is 0.131. The van der Waals surface area contributed by atoms with Gasteiger partial charge in [-0.25, -0.2) is 4.79 Å². The molecule has 3 rings (SSSR count). The van der Waals surface area contributed by atoms with Gasteiger partial charge in [-0.2, -0.15) is 4.98 Å². The summed E-state index contributed by atoms with van der Waals surface area (Å²) >= 11 is 0. The molecule has 0 amide bonds. The zero-order chi connectivity index (χ0) is 18.0. The first-order valence-electron chi connectivity index (χ1n) is 8.69. The highest BCUT2D eigenvalue weighted by Gasteiger charge is 2.26. The largest absolute Gasteiger partial charge is 0.478 e. The summed E-state index contributed by atoms with van der Waals surface area (Å²) < 4.78 is 5.35. The molecule has 1 fully saturated rings. The van der Waals surface area contributed by atoms with Crippen LogP contribution in [0.2, 0.25) is 0 Å². The number of likely N-dealkylation sites (tertiary alicyclic amines) is 1. The summed E-state index contributed by atoms with van der Waals surface area (Å²) in [5.41, 5.74) is 1.31. The van der Waals surface area contributed by atoms with Crippen LogP contribution in [0.15, 0.2) is 28.8 Å². The van der Waals surface area contributed by atoms with E-state index in [1.54, 1.807) is 12.1 Å². The van der Waals surface area contributed by atoms with Gasteiger partial charge in [-0.05, 0) is 43.0 Å². The average molecular weight is 343 g/mol. The molecule has 0 aliphatic carbocycles. The van der Waals surface area contributed by atoms with Crippen LogP contribution in [0.25, 0.3) is 0 Å². The fourth-order valence-electron chi connectivity index (χ4n) is 3.21. The molecule has 0 bridgehead atoms. The summed E-state index contributed by atoms with van der Waals surface area (Å²) in [5, 5.41) is 13.2. The molecule has 1 N–H and O–H groups in total. The van der Waals surface area contributed by atoms with E-state index in [1.807, 2.05) is 12.1 Å². The summed E-state index contributed by atoms with van der Waals surface area (Å²) in [6, 6.07) is 7.23. The molecule has 1 saturated heterocycles. The Labute approximate surface area is 147 Å². The van der Waals surface area contributed by atoms with E-state index in [0.717, 1.165) is 37.3 Å². The number of benzene rings is 1. The van der Waals surface area contributed by atoms with Crippen molar-refractivity contribution in [1.82, 2.24) is 15.0 Å². The fourth-order valence-corrected chi connectivity index (χ4v) is 3.21. The molecule has 1 aromatic carbocycles. The standard InChI is InChI=1S/C19H25N3O3/c1-19(2,3)18-20-16(21-25-18)12-22-8-7-14(11-22)9-13-5-4-6-15(10-13)17(23)24/h4-6,10,14H,7-9,11-12H2,1-3H3,(H,23,24). The van der Waals surface area contributed by atoms with Crippen molar-refractivity contribution in [2.75, 3.05) is 13.1 Å². The second-order valence-electron chi connectivity index (χ2n) is 7.87. The van der Waals surface area contributed by atoms with E-state index < -0.39 is 5.97 Å². The molecular formula is C19H25N3O3. The Morgan fingerprint density at radius 3 is 2.88 bits per heavy atom. The number of aromatic nitrogens is 2. The fraction of sp³-hybridized carbons (Fsp3) is 0.526. The predicted octanol–water partition coefficient (Wildman–Crippen LogP) is 3.13. The average Bonchev–Trinajstić information content (AvgIpc) is 3.17. The van der Waals surface area contributed by atoms with Gasteiger partial charge in [-0.15, -0.1) is 0 Å². The van der Waals surface area contributed by atoms with E-state index in [0.29, 0.717) is 23.9 Å². The summed E-state index contributed by atoms with van der Waals surface area (Å²) in [6.07, 6.45) is 2.00. The van der Waals surface area contributed by atoms with Gasteiger partial charge in [-0.1, -0.05) is 38.1 Å². The summed E-state index contributed by atoms with van der Waals surface area (Å²) in [7, 11) is 0. The van der Waals surface area contributed by atoms with Gasteiger partial charge in [0.05, 0.1) is 12.1 Å². The van der Waals surface area contributed by atoms with E-state index >= 15 is 0 Å². The highest BCUT2D eigenvalue weighted by Crippen LogP contribution is 2.24. The Morgan fingerprint density at radius 2 is 2.20 bits per heavy atom. The molecule has 1 atom stereocenters. The Bertz CT molecular complexity index is 748. The molecule has 0 spiro atoms. The van der Waals surface area contributed by atoms with Crippen molar-refractivity contribution in [1.29, 1.82) is 0 Å². The second kappa shape index (κ2) is 6.96. The van der Waals surface area contributed by atoms with Crippen LogP contribution in [-0.4, -0.2) is 39.2 Å². The van der Waals surface area contributed by atoms with Crippen molar-refractivity contribution in [3.8, 4) is 0 Å². The van der Waals surface area contributed by atoms with Crippen LogP contribution < -0.4 is 0 Å². The SMILES string of the molecule is CC(C)(C)c1nc(CN2CCC(Cc3cccc(C(=O)O)c3)C2)no1. The van der Waals surface area contributed by atoms with Gasteiger partial charge in [0.25, 0.3) is 0 Å². The number of carbonyl (C=O) groups is 1. The maximum atomic E-state index is 11.1. The maximum absolute atomic E-state index is 11.1. The number of hydrogen-bond donors (Lipinski definition) is 1. The first-order valence-corrected chi connectivity index (χ1v) is 8.69. The van der Waals surface area contributed by atoms with Crippen molar-refractivity contribution < 1.29 is 14.4 Å². The molecule has 1 aliphatic rings. The van der Waals surface area contributed by atoms with Gasteiger partial charge in [-0.3, -0.25) is 4.90 Å². The number of hydrogen-bond acceptors (Lipinski definition) is 5. The molecule has 0 saturated carbocycles. The van der Waals surface area contributed by atoms with Gasteiger partial charge in [0.1, 0.15) is 0 Å². The predicted molar refractivity (Wildman–Crippen MR) is 93.5 cm³/mol. The van der Waals surface area contributed by atoms with Crippen LogP contribution in [0.4, 0.5) is 0 Å². The summed E-state index contributed by atoms with van der Waals surface area (Å²) in [4.78, 5) is 17.9. The first kappa shape index (κ1) is 17.6. The quantitative estimate of drug-likeness (QED) is 0.898. The van der Waals surface area contributed by atoms with E-state index in [2.05, 4.69) is 35.8 Å². The summed E-state index contributed by atoms with van der Waals surface area (Å²) in [5.74, 6) is 1.06.